The van der Waals surface area contributed by atoms with Crippen LogP contribution in [0.2, 0.25) is 0 Å². The van der Waals surface area contributed by atoms with Gasteiger partial charge in [-0.1, -0.05) is 82.4 Å². The summed E-state index contributed by atoms with van der Waals surface area (Å²) in [4.78, 5) is 20.3. The van der Waals surface area contributed by atoms with E-state index in [1.807, 2.05) is 24.4 Å². The number of aryl methyl sites for hydroxylation is 1. The summed E-state index contributed by atoms with van der Waals surface area (Å²) >= 11 is 0. The van der Waals surface area contributed by atoms with E-state index in [0.29, 0.717) is 44.4 Å². The Morgan fingerprint density at radius 2 is 1.88 bits per heavy atom. The topological polar surface area (TPSA) is 141 Å². The molecule has 5 unspecified atom stereocenters. The normalized spacial score (nSPS) is 21.9. The summed E-state index contributed by atoms with van der Waals surface area (Å²) in [5.74, 6) is 6.32. The number of ether oxygens (including phenoxy) is 1. The van der Waals surface area contributed by atoms with Crippen LogP contribution in [0.5, 0.6) is 11.5 Å². The van der Waals surface area contributed by atoms with Gasteiger partial charge in [-0.05, 0) is 71.2 Å². The second-order valence-electron chi connectivity index (χ2n) is 14.4. The largest absolute Gasteiger partial charge is 0.504 e. The third-order valence-electron chi connectivity index (χ3n) is 10.8. The Balaban J connectivity index is 1.19. The molecule has 0 saturated heterocycles. The summed E-state index contributed by atoms with van der Waals surface area (Å²) in [5, 5.41) is 36.5. The number of aromatic hydroxyl groups is 1. The molecule has 0 radical (unpaired) electrons. The van der Waals surface area contributed by atoms with Crippen LogP contribution >= 0.6 is 0 Å². The molecule has 2 aromatic carbocycles. The van der Waals surface area contributed by atoms with Gasteiger partial charge in [-0.2, -0.15) is 0 Å². The molecule has 0 spiro atoms. The number of nitrogens with two attached hydrogens (primary N) is 1. The number of aliphatic hydroxyl groups is 2. The maximum atomic E-state index is 13.5. The number of allylic oxidation sites excluding steroid dienone is 1. The van der Waals surface area contributed by atoms with Crippen molar-refractivity contribution in [2.75, 3.05) is 13.1 Å². The molecular weight excluding hydrogens is 640 g/mol. The van der Waals surface area contributed by atoms with E-state index in [-0.39, 0.29) is 30.0 Å². The number of hydrogen-bond acceptors (Lipinski definition) is 9. The van der Waals surface area contributed by atoms with Gasteiger partial charge in [0, 0.05) is 43.3 Å². The number of hydrogen-bond donors (Lipinski definition) is 5. The first-order chi connectivity index (χ1) is 24.8. The van der Waals surface area contributed by atoms with Crippen molar-refractivity contribution in [2.24, 2.45) is 16.6 Å². The fraction of sp³-hybridized carbons (Fsp3) is 0.524. The first-order valence-electron chi connectivity index (χ1n) is 19.0. The SMILES string of the molecule is CCCCCC(O)C(CCCCC)C(=O)CCc1ccc(O)c(OC2CC#CC(O)c3ccc4c(c3CC3=CN=C5CN2C=C35)CCNC4N)c1. The average Bonchev–Trinajstić information content (AvgIpc) is 3.71. The number of carbonyl (C=O) groups excluding carboxylic acids is 1. The Morgan fingerprint density at radius 1 is 1.10 bits per heavy atom. The summed E-state index contributed by atoms with van der Waals surface area (Å²) in [5.41, 5.74) is 14.4. The first-order valence-corrected chi connectivity index (χ1v) is 19.0. The van der Waals surface area contributed by atoms with Crippen LogP contribution < -0.4 is 15.8 Å². The van der Waals surface area contributed by atoms with Crippen LogP contribution in [0.4, 0.5) is 0 Å². The number of aliphatic imine (C=N–C) groups is 1. The highest BCUT2D eigenvalue weighted by molar-refractivity contribution is 6.09. The van der Waals surface area contributed by atoms with Crippen LogP contribution in [0.3, 0.4) is 0 Å². The lowest BCUT2D eigenvalue weighted by molar-refractivity contribution is -0.126. The summed E-state index contributed by atoms with van der Waals surface area (Å²) in [6.45, 7) is 5.59. The lowest BCUT2D eigenvalue weighted by Gasteiger charge is -2.29. The molecule has 272 valence electrons. The molecule has 0 aromatic heterocycles. The molecule has 0 amide bonds. The van der Waals surface area contributed by atoms with Crippen molar-refractivity contribution >= 4 is 11.5 Å². The molecule has 0 aliphatic carbocycles. The Hall–Kier alpha value is -3.94. The van der Waals surface area contributed by atoms with Crippen LogP contribution in [-0.4, -0.2) is 57.1 Å². The maximum Gasteiger partial charge on any atom is 0.183 e. The monoisotopic (exact) mass is 694 g/mol. The number of carbonyl (C=O) groups is 1. The van der Waals surface area contributed by atoms with Gasteiger partial charge in [-0.3, -0.25) is 15.1 Å². The van der Waals surface area contributed by atoms with Gasteiger partial charge in [0.2, 0.25) is 0 Å². The Morgan fingerprint density at radius 3 is 2.69 bits per heavy atom. The van der Waals surface area contributed by atoms with E-state index in [1.165, 1.54) is 5.56 Å². The third-order valence-corrected chi connectivity index (χ3v) is 10.8. The number of Topliss-reactive ketones (excluding diaryl/α,β-unsaturated/α-hetero) is 1. The van der Waals surface area contributed by atoms with Gasteiger partial charge in [0.1, 0.15) is 11.9 Å². The lowest BCUT2D eigenvalue weighted by atomic mass is 9.84. The summed E-state index contributed by atoms with van der Waals surface area (Å²) in [7, 11) is 0. The number of ketones is 1. The highest BCUT2D eigenvalue weighted by Crippen LogP contribution is 2.37. The number of fused-ring (bicyclic) bond motifs is 4. The highest BCUT2D eigenvalue weighted by atomic mass is 16.5. The van der Waals surface area contributed by atoms with Crippen LogP contribution in [0.25, 0.3) is 0 Å². The molecule has 4 aliphatic rings. The van der Waals surface area contributed by atoms with Gasteiger partial charge in [0.05, 0.1) is 30.9 Å². The van der Waals surface area contributed by atoms with Crippen molar-refractivity contribution in [2.45, 2.75) is 122 Å². The zero-order valence-corrected chi connectivity index (χ0v) is 30.2. The Bertz CT molecular complexity index is 1740. The molecule has 0 fully saturated rings. The fourth-order valence-electron chi connectivity index (χ4n) is 7.85. The third kappa shape index (κ3) is 8.58. The maximum absolute atomic E-state index is 13.5. The van der Waals surface area contributed by atoms with Crippen molar-refractivity contribution in [3.8, 4) is 23.3 Å². The number of unbranched alkanes of at least 4 members (excludes halogenated alkanes) is 4. The van der Waals surface area contributed by atoms with E-state index in [2.05, 4.69) is 42.1 Å². The number of nitrogens with one attached hydrogen (secondary N) is 1. The minimum Gasteiger partial charge on any atom is -0.504 e. The molecule has 9 nitrogen and oxygen atoms in total. The number of benzene rings is 2. The van der Waals surface area contributed by atoms with E-state index in [0.717, 1.165) is 90.6 Å². The van der Waals surface area contributed by atoms with Gasteiger partial charge >= 0.3 is 0 Å². The molecule has 6 N–H and O–H groups in total. The summed E-state index contributed by atoms with van der Waals surface area (Å²) < 4.78 is 6.50. The standard InChI is InChI=1S/C42H54N4O5/c1-3-5-7-10-32(37(48)11-8-6-4-2)38(49)18-14-27-15-19-39(50)40(22-27)51-41-13-9-12-36(47)30-16-17-31-29(20-21-44-42(31)43)33(30)23-28-24-45-35-26-46(41)25-34(28)35/h15-17,19,22,24-25,32,36-37,41-42,44,47-48,50H,3-8,10-11,13-14,18,20-21,23,26,43H2,1-2H3. The zero-order chi connectivity index (χ0) is 35.9. The molecule has 5 atom stereocenters. The van der Waals surface area contributed by atoms with Gasteiger partial charge in [0.25, 0.3) is 0 Å². The van der Waals surface area contributed by atoms with Crippen molar-refractivity contribution in [3.05, 3.63) is 81.7 Å². The van der Waals surface area contributed by atoms with Gasteiger partial charge in [-0.15, -0.1) is 0 Å². The van der Waals surface area contributed by atoms with Crippen molar-refractivity contribution in [1.82, 2.24) is 10.2 Å². The van der Waals surface area contributed by atoms with Gasteiger partial charge in [-0.25, -0.2) is 0 Å². The zero-order valence-electron chi connectivity index (χ0n) is 30.2. The minimum absolute atomic E-state index is 0.00402. The molecule has 9 heteroatoms. The lowest BCUT2D eigenvalue weighted by Crippen LogP contribution is -2.36. The molecule has 0 saturated carbocycles. The summed E-state index contributed by atoms with van der Waals surface area (Å²) in [6.07, 6.45) is 11.6. The number of aliphatic hydroxyl groups excluding tert-OH is 2. The smallest absolute Gasteiger partial charge is 0.183 e. The molecule has 2 bridgehead atoms. The quantitative estimate of drug-likeness (QED) is 0.112. The van der Waals surface area contributed by atoms with Crippen molar-refractivity contribution < 1.29 is 24.9 Å². The van der Waals surface area contributed by atoms with Crippen LogP contribution in [0.15, 0.2) is 58.9 Å². The molecule has 4 aliphatic heterocycles. The predicted octanol–water partition coefficient (Wildman–Crippen LogP) is 6.06. The van der Waals surface area contributed by atoms with Crippen LogP contribution in [-0.2, 0) is 24.1 Å². The fourth-order valence-corrected chi connectivity index (χ4v) is 7.85. The first kappa shape index (κ1) is 36.8. The van der Waals surface area contributed by atoms with Crippen LogP contribution in [0, 0.1) is 17.8 Å². The van der Waals surface area contributed by atoms with Crippen molar-refractivity contribution in [3.63, 3.8) is 0 Å². The average molecular weight is 695 g/mol. The van der Waals surface area contributed by atoms with E-state index in [4.69, 9.17) is 15.5 Å². The summed E-state index contributed by atoms with van der Waals surface area (Å²) in [6, 6.07) is 9.18. The number of phenols is 1. The second-order valence-corrected chi connectivity index (χ2v) is 14.4. The minimum atomic E-state index is -0.981. The van der Waals surface area contributed by atoms with E-state index < -0.39 is 18.4 Å². The highest BCUT2D eigenvalue weighted by Gasteiger charge is 2.33. The molecule has 51 heavy (non-hydrogen) atoms. The van der Waals surface area contributed by atoms with Gasteiger partial charge < -0.3 is 30.7 Å². The van der Waals surface area contributed by atoms with Crippen molar-refractivity contribution in [1.29, 1.82) is 0 Å². The van der Waals surface area contributed by atoms with Crippen LogP contribution in [0.1, 0.15) is 118 Å². The Labute approximate surface area is 302 Å². The Kier molecular flexibility index (Phi) is 12.3. The molecular formula is C42H54N4O5. The predicted molar refractivity (Wildman–Crippen MR) is 200 cm³/mol. The van der Waals surface area contributed by atoms with E-state index in [1.54, 1.807) is 12.1 Å². The number of rotatable bonds is 15. The number of phenolic OH excluding ortho intramolecular Hbond substituents is 1. The van der Waals surface area contributed by atoms with E-state index in [9.17, 15) is 20.1 Å². The van der Waals surface area contributed by atoms with E-state index >= 15 is 0 Å². The van der Waals surface area contributed by atoms with Gasteiger partial charge in [0.15, 0.2) is 17.7 Å². The molecule has 2 aromatic rings. The second kappa shape index (κ2) is 17.1. The molecule has 6 rings (SSSR count). The number of nitrogens with zero attached hydrogens (tertiary/aromatic N) is 2. The molecule has 4 heterocycles.